The van der Waals surface area contributed by atoms with Gasteiger partial charge in [-0.15, -0.1) is 0 Å². The number of halogens is 2. The van der Waals surface area contributed by atoms with E-state index in [9.17, 15) is 0 Å². The van der Waals surface area contributed by atoms with Crippen molar-refractivity contribution in [2.24, 2.45) is 0 Å². The van der Waals surface area contributed by atoms with E-state index < -0.39 is 0 Å². The van der Waals surface area contributed by atoms with Crippen LogP contribution in [0.1, 0.15) is 12.5 Å². The summed E-state index contributed by atoms with van der Waals surface area (Å²) >= 11 is 9.48. The Hall–Kier alpha value is -1.10. The molecule has 0 aliphatic carbocycles. The third kappa shape index (κ3) is 4.20. The van der Waals surface area contributed by atoms with E-state index in [2.05, 4.69) is 26.2 Å². The summed E-state index contributed by atoms with van der Waals surface area (Å²) in [5.41, 5.74) is 0.977. The van der Waals surface area contributed by atoms with Gasteiger partial charge in [-0.2, -0.15) is 0 Å². The number of rotatable bonds is 5. The van der Waals surface area contributed by atoms with Crippen LogP contribution in [-0.4, -0.2) is 11.5 Å². The lowest BCUT2D eigenvalue weighted by molar-refractivity contribution is 0.461. The first-order valence-electron chi connectivity index (χ1n) is 5.97. The standard InChI is InChI=1S/C14H14BrClN2O/c1-2-17-8-10-7-14(18-9-13(10)16)19-12-5-3-11(15)4-6-12/h3-7,9,17H,2,8H2,1H3. The molecule has 1 N–H and O–H groups in total. The minimum atomic E-state index is 0.541. The van der Waals surface area contributed by atoms with Crippen molar-refractivity contribution >= 4 is 27.5 Å². The van der Waals surface area contributed by atoms with Gasteiger partial charge in [0.25, 0.3) is 0 Å². The molecule has 1 aromatic carbocycles. The van der Waals surface area contributed by atoms with Crippen molar-refractivity contribution in [1.29, 1.82) is 0 Å². The molecule has 5 heteroatoms. The van der Waals surface area contributed by atoms with Crippen molar-refractivity contribution in [2.75, 3.05) is 6.54 Å². The molecule has 0 spiro atoms. The summed E-state index contributed by atoms with van der Waals surface area (Å²) in [5, 5.41) is 3.87. The van der Waals surface area contributed by atoms with Crippen LogP contribution < -0.4 is 10.1 Å². The molecule has 0 saturated heterocycles. The molecule has 0 unspecified atom stereocenters. The predicted octanol–water partition coefficient (Wildman–Crippen LogP) is 4.40. The Morgan fingerprint density at radius 3 is 2.74 bits per heavy atom. The number of aromatic nitrogens is 1. The van der Waals surface area contributed by atoms with Crippen molar-refractivity contribution in [3.05, 3.63) is 51.6 Å². The van der Waals surface area contributed by atoms with Crippen molar-refractivity contribution in [3.8, 4) is 11.6 Å². The van der Waals surface area contributed by atoms with E-state index in [0.717, 1.165) is 22.3 Å². The molecule has 1 heterocycles. The van der Waals surface area contributed by atoms with Gasteiger partial charge in [-0.05, 0) is 36.4 Å². The smallest absolute Gasteiger partial charge is 0.219 e. The zero-order valence-corrected chi connectivity index (χ0v) is 12.8. The lowest BCUT2D eigenvalue weighted by Gasteiger charge is -2.08. The van der Waals surface area contributed by atoms with E-state index in [1.54, 1.807) is 6.20 Å². The molecular weight excluding hydrogens is 328 g/mol. The van der Waals surface area contributed by atoms with Crippen molar-refractivity contribution in [2.45, 2.75) is 13.5 Å². The van der Waals surface area contributed by atoms with Gasteiger partial charge in [0.2, 0.25) is 5.88 Å². The molecule has 0 aliphatic heterocycles. The first-order valence-corrected chi connectivity index (χ1v) is 7.14. The molecule has 0 atom stereocenters. The van der Waals surface area contributed by atoms with Gasteiger partial charge in [-0.25, -0.2) is 4.98 Å². The molecule has 3 nitrogen and oxygen atoms in total. The normalized spacial score (nSPS) is 10.5. The highest BCUT2D eigenvalue weighted by molar-refractivity contribution is 9.10. The molecule has 0 fully saturated rings. The highest BCUT2D eigenvalue weighted by Gasteiger charge is 2.05. The minimum Gasteiger partial charge on any atom is -0.439 e. The Balaban J connectivity index is 2.14. The van der Waals surface area contributed by atoms with Gasteiger partial charge >= 0.3 is 0 Å². The topological polar surface area (TPSA) is 34.1 Å². The van der Waals surface area contributed by atoms with Crippen molar-refractivity contribution in [1.82, 2.24) is 10.3 Å². The van der Waals surface area contributed by atoms with E-state index in [1.807, 2.05) is 37.3 Å². The van der Waals surface area contributed by atoms with Crippen LogP contribution >= 0.6 is 27.5 Å². The third-order valence-electron chi connectivity index (χ3n) is 2.51. The summed E-state index contributed by atoms with van der Waals surface area (Å²) in [6.45, 7) is 3.64. The Labute approximate surface area is 126 Å². The zero-order valence-electron chi connectivity index (χ0n) is 10.5. The highest BCUT2D eigenvalue weighted by Crippen LogP contribution is 2.25. The number of benzene rings is 1. The highest BCUT2D eigenvalue weighted by atomic mass is 79.9. The van der Waals surface area contributed by atoms with E-state index in [4.69, 9.17) is 16.3 Å². The predicted molar refractivity (Wildman–Crippen MR) is 80.8 cm³/mol. The fraction of sp³-hybridized carbons (Fsp3) is 0.214. The van der Waals surface area contributed by atoms with Crippen LogP contribution in [0.4, 0.5) is 0 Å². The maximum Gasteiger partial charge on any atom is 0.219 e. The Bertz CT molecular complexity index is 546. The lowest BCUT2D eigenvalue weighted by Crippen LogP contribution is -2.12. The van der Waals surface area contributed by atoms with Crippen molar-refractivity contribution < 1.29 is 4.74 Å². The second kappa shape index (κ2) is 6.89. The maximum absolute atomic E-state index is 6.09. The van der Waals surface area contributed by atoms with Crippen molar-refractivity contribution in [3.63, 3.8) is 0 Å². The molecule has 100 valence electrons. The van der Waals surface area contributed by atoms with Gasteiger partial charge in [0.1, 0.15) is 5.75 Å². The summed E-state index contributed by atoms with van der Waals surface area (Å²) in [7, 11) is 0. The Morgan fingerprint density at radius 2 is 2.05 bits per heavy atom. The average molecular weight is 342 g/mol. The van der Waals surface area contributed by atoms with Crippen LogP contribution in [0.15, 0.2) is 41.0 Å². The van der Waals surface area contributed by atoms with E-state index >= 15 is 0 Å². The molecule has 0 aliphatic rings. The molecule has 0 saturated carbocycles. The third-order valence-corrected chi connectivity index (χ3v) is 3.38. The fourth-order valence-electron chi connectivity index (χ4n) is 1.53. The second-order valence-electron chi connectivity index (χ2n) is 3.95. The molecule has 0 bridgehead atoms. The number of nitrogens with zero attached hydrogens (tertiary/aromatic N) is 1. The van der Waals surface area contributed by atoms with Crippen LogP contribution in [0.25, 0.3) is 0 Å². The Kier molecular flexibility index (Phi) is 5.19. The van der Waals surface area contributed by atoms with Crippen LogP contribution in [0.5, 0.6) is 11.6 Å². The summed E-state index contributed by atoms with van der Waals surface area (Å²) < 4.78 is 6.70. The van der Waals surface area contributed by atoms with Gasteiger partial charge < -0.3 is 10.1 Å². The van der Waals surface area contributed by atoms with Gasteiger partial charge in [-0.3, -0.25) is 0 Å². The second-order valence-corrected chi connectivity index (χ2v) is 5.27. The number of pyridine rings is 1. The van der Waals surface area contributed by atoms with Gasteiger partial charge in [-0.1, -0.05) is 34.5 Å². The van der Waals surface area contributed by atoms with Crippen LogP contribution in [0.3, 0.4) is 0 Å². The number of ether oxygens (including phenoxy) is 1. The average Bonchev–Trinajstić information content (AvgIpc) is 2.42. The first kappa shape index (κ1) is 14.3. The van der Waals surface area contributed by atoms with Gasteiger partial charge in [0, 0.05) is 23.3 Å². The number of hydrogen-bond acceptors (Lipinski definition) is 3. The lowest BCUT2D eigenvalue weighted by atomic mass is 10.2. The molecule has 0 amide bonds. The SMILES string of the molecule is CCNCc1cc(Oc2ccc(Br)cc2)ncc1Cl. The molecule has 2 rings (SSSR count). The zero-order chi connectivity index (χ0) is 13.7. The fourth-order valence-corrected chi connectivity index (χ4v) is 1.97. The van der Waals surface area contributed by atoms with E-state index in [0.29, 0.717) is 17.4 Å². The number of nitrogens with one attached hydrogen (secondary N) is 1. The minimum absolute atomic E-state index is 0.541. The molecule has 0 radical (unpaired) electrons. The largest absolute Gasteiger partial charge is 0.439 e. The molecule has 2 aromatic rings. The van der Waals surface area contributed by atoms with Crippen LogP contribution in [-0.2, 0) is 6.54 Å². The van der Waals surface area contributed by atoms with Crippen LogP contribution in [0.2, 0.25) is 5.02 Å². The molecule has 19 heavy (non-hydrogen) atoms. The van der Waals surface area contributed by atoms with Gasteiger partial charge in [0.15, 0.2) is 0 Å². The quantitative estimate of drug-likeness (QED) is 0.875. The monoisotopic (exact) mass is 340 g/mol. The van der Waals surface area contributed by atoms with E-state index in [1.165, 1.54) is 0 Å². The van der Waals surface area contributed by atoms with Gasteiger partial charge in [0.05, 0.1) is 5.02 Å². The summed E-state index contributed by atoms with van der Waals surface area (Å²) in [6, 6.07) is 9.46. The molecular formula is C14H14BrClN2O. The summed E-state index contributed by atoms with van der Waals surface area (Å²) in [6.07, 6.45) is 1.61. The molecule has 1 aromatic heterocycles. The Morgan fingerprint density at radius 1 is 1.32 bits per heavy atom. The summed E-state index contributed by atoms with van der Waals surface area (Å²) in [5.74, 6) is 1.28. The first-order chi connectivity index (χ1) is 9.19. The van der Waals surface area contributed by atoms with Crippen LogP contribution in [0, 0.1) is 0 Å². The number of hydrogen-bond donors (Lipinski definition) is 1. The maximum atomic E-state index is 6.09. The van der Waals surface area contributed by atoms with E-state index in [-0.39, 0.29) is 0 Å². The summed E-state index contributed by atoms with van der Waals surface area (Å²) in [4.78, 5) is 4.17.